The maximum atomic E-state index is 12.4. The molecule has 24 heavy (non-hydrogen) atoms. The lowest BCUT2D eigenvalue weighted by Gasteiger charge is -2.08. The summed E-state index contributed by atoms with van der Waals surface area (Å²) < 4.78 is 0. The Bertz CT molecular complexity index is 977. The van der Waals surface area contributed by atoms with Crippen molar-refractivity contribution in [3.63, 3.8) is 0 Å². The quantitative estimate of drug-likeness (QED) is 0.581. The Morgan fingerprint density at radius 3 is 2.46 bits per heavy atom. The molecule has 3 aromatic rings. The molecule has 0 aliphatic rings. The van der Waals surface area contributed by atoms with Gasteiger partial charge in [-0.1, -0.05) is 18.2 Å². The van der Waals surface area contributed by atoms with Crippen molar-refractivity contribution in [2.75, 3.05) is 5.32 Å². The molecule has 0 aliphatic heterocycles. The van der Waals surface area contributed by atoms with Gasteiger partial charge in [0.25, 0.3) is 5.91 Å². The maximum Gasteiger partial charge on any atom is 0.337 e. The van der Waals surface area contributed by atoms with E-state index in [0.29, 0.717) is 10.9 Å². The van der Waals surface area contributed by atoms with Crippen LogP contribution in [0, 0.1) is 0 Å². The van der Waals surface area contributed by atoms with Gasteiger partial charge in [0.2, 0.25) is 0 Å². The highest BCUT2D eigenvalue weighted by molar-refractivity contribution is 6.13. The van der Waals surface area contributed by atoms with Gasteiger partial charge in [-0.2, -0.15) is 5.10 Å². The fourth-order valence-electron chi connectivity index (χ4n) is 2.29. The Hall–Kier alpha value is -3.68. The van der Waals surface area contributed by atoms with Crippen molar-refractivity contribution in [2.24, 2.45) is 0 Å². The summed E-state index contributed by atoms with van der Waals surface area (Å²) in [4.78, 5) is 34.7. The van der Waals surface area contributed by atoms with Crippen molar-refractivity contribution in [1.82, 2.24) is 10.2 Å². The topological polar surface area (TPSA) is 132 Å². The predicted octanol–water partition coefficient (Wildman–Crippen LogP) is 2.21. The summed E-state index contributed by atoms with van der Waals surface area (Å²) in [6.45, 7) is 0. The second-order valence-corrected chi connectivity index (χ2v) is 4.94. The summed E-state index contributed by atoms with van der Waals surface area (Å²) in [5.41, 5.74) is 0.276. The first-order chi connectivity index (χ1) is 11.5. The third-order valence-electron chi connectivity index (χ3n) is 3.43. The van der Waals surface area contributed by atoms with E-state index >= 15 is 0 Å². The second kappa shape index (κ2) is 5.84. The molecule has 0 radical (unpaired) electrons. The van der Waals surface area contributed by atoms with E-state index in [1.165, 1.54) is 0 Å². The highest BCUT2D eigenvalue weighted by atomic mass is 16.4. The average Bonchev–Trinajstić information content (AvgIpc) is 2.98. The minimum atomic E-state index is -1.28. The summed E-state index contributed by atoms with van der Waals surface area (Å²) in [5, 5.41) is 27.8. The van der Waals surface area contributed by atoms with E-state index in [1.807, 2.05) is 0 Å². The number of carbonyl (C=O) groups excluding carboxylic acids is 1. The molecule has 0 spiro atoms. The summed E-state index contributed by atoms with van der Waals surface area (Å²) in [6, 6.07) is 10.3. The molecule has 1 aromatic heterocycles. The Balaban J connectivity index is 2.00. The highest BCUT2D eigenvalue weighted by Crippen LogP contribution is 2.21. The zero-order chi connectivity index (χ0) is 17.3. The number of carboxylic acid groups (broad SMARTS) is 2. The first-order valence-electron chi connectivity index (χ1n) is 6.82. The van der Waals surface area contributed by atoms with Gasteiger partial charge in [-0.05, 0) is 24.3 Å². The molecule has 0 saturated carbocycles. The first-order valence-corrected chi connectivity index (χ1v) is 6.82. The molecule has 120 valence electrons. The van der Waals surface area contributed by atoms with E-state index in [0.717, 1.165) is 18.2 Å². The van der Waals surface area contributed by atoms with Crippen LogP contribution >= 0.6 is 0 Å². The zero-order valence-electron chi connectivity index (χ0n) is 12.1. The van der Waals surface area contributed by atoms with Gasteiger partial charge in [-0.25, -0.2) is 9.59 Å². The number of carbonyl (C=O) groups is 3. The van der Waals surface area contributed by atoms with Gasteiger partial charge in [0.05, 0.1) is 22.3 Å². The summed E-state index contributed by atoms with van der Waals surface area (Å²) >= 11 is 0. The number of aromatic nitrogens is 2. The van der Waals surface area contributed by atoms with Gasteiger partial charge in [-0.3, -0.25) is 9.89 Å². The van der Waals surface area contributed by atoms with Crippen LogP contribution in [0.3, 0.4) is 0 Å². The van der Waals surface area contributed by atoms with E-state index < -0.39 is 17.8 Å². The summed E-state index contributed by atoms with van der Waals surface area (Å²) in [5.74, 6) is -3.15. The summed E-state index contributed by atoms with van der Waals surface area (Å²) in [6.07, 6.45) is 0. The minimum absolute atomic E-state index is 0.0858. The number of para-hydroxylation sites is 1. The molecule has 8 nitrogen and oxygen atoms in total. The molecule has 0 fully saturated rings. The number of anilines is 1. The van der Waals surface area contributed by atoms with E-state index in [9.17, 15) is 19.5 Å². The zero-order valence-corrected chi connectivity index (χ0v) is 12.1. The molecule has 0 bridgehead atoms. The van der Waals surface area contributed by atoms with E-state index in [4.69, 9.17) is 5.11 Å². The fraction of sp³-hybridized carbons (Fsp3) is 0. The standard InChI is InChI=1S/C16H11N3O5/c20-14(13-9-3-1-2-4-11(9)18-19-13)17-12-7-8(15(21)22)5-6-10(12)16(23)24/h1-7H,(H,17,20)(H,18,19)(H,21,22)(H,23,24). The predicted molar refractivity (Wildman–Crippen MR) is 84.4 cm³/mol. The number of hydrogen-bond acceptors (Lipinski definition) is 4. The van der Waals surface area contributed by atoms with Crippen LogP contribution in [0.25, 0.3) is 10.9 Å². The molecule has 3 rings (SSSR count). The van der Waals surface area contributed by atoms with Crippen LogP contribution < -0.4 is 5.32 Å². The van der Waals surface area contributed by atoms with Gasteiger partial charge in [0, 0.05) is 5.39 Å². The number of nitrogens with one attached hydrogen (secondary N) is 2. The Morgan fingerprint density at radius 2 is 1.75 bits per heavy atom. The van der Waals surface area contributed by atoms with Crippen LogP contribution in [-0.4, -0.2) is 38.3 Å². The van der Waals surface area contributed by atoms with Gasteiger partial charge in [-0.15, -0.1) is 0 Å². The molecule has 2 aromatic carbocycles. The monoisotopic (exact) mass is 325 g/mol. The number of hydrogen-bond donors (Lipinski definition) is 4. The molecule has 0 atom stereocenters. The third-order valence-corrected chi connectivity index (χ3v) is 3.43. The minimum Gasteiger partial charge on any atom is -0.478 e. The lowest BCUT2D eigenvalue weighted by molar-refractivity contribution is 0.0682. The smallest absolute Gasteiger partial charge is 0.337 e. The van der Waals surface area contributed by atoms with Crippen molar-refractivity contribution in [2.45, 2.75) is 0 Å². The fourth-order valence-corrected chi connectivity index (χ4v) is 2.29. The molecule has 0 unspecified atom stereocenters. The van der Waals surface area contributed by atoms with Crippen LogP contribution in [0.2, 0.25) is 0 Å². The third kappa shape index (κ3) is 2.68. The molecular weight excluding hydrogens is 314 g/mol. The van der Waals surface area contributed by atoms with Crippen molar-refractivity contribution in [3.8, 4) is 0 Å². The van der Waals surface area contributed by atoms with Gasteiger partial charge in [0.1, 0.15) is 0 Å². The lowest BCUT2D eigenvalue weighted by atomic mass is 10.1. The molecule has 8 heteroatoms. The average molecular weight is 325 g/mol. The molecule has 1 amide bonds. The highest BCUT2D eigenvalue weighted by Gasteiger charge is 2.19. The van der Waals surface area contributed by atoms with Crippen LogP contribution in [-0.2, 0) is 0 Å². The van der Waals surface area contributed by atoms with E-state index in [2.05, 4.69) is 15.5 Å². The second-order valence-electron chi connectivity index (χ2n) is 4.94. The van der Waals surface area contributed by atoms with Crippen molar-refractivity contribution >= 4 is 34.4 Å². The van der Waals surface area contributed by atoms with Crippen LogP contribution in [0.15, 0.2) is 42.5 Å². The van der Waals surface area contributed by atoms with Gasteiger partial charge >= 0.3 is 11.9 Å². The number of nitrogens with zero attached hydrogens (tertiary/aromatic N) is 1. The number of aromatic carboxylic acids is 2. The number of amides is 1. The molecule has 1 heterocycles. The molecule has 0 aliphatic carbocycles. The number of H-pyrrole nitrogens is 1. The van der Waals surface area contributed by atoms with Crippen LogP contribution in [0.1, 0.15) is 31.2 Å². The van der Waals surface area contributed by atoms with Crippen LogP contribution in [0.5, 0.6) is 0 Å². The number of rotatable bonds is 4. The van der Waals surface area contributed by atoms with Crippen molar-refractivity contribution < 1.29 is 24.6 Å². The lowest BCUT2D eigenvalue weighted by Crippen LogP contribution is -2.16. The Kier molecular flexibility index (Phi) is 3.70. The van der Waals surface area contributed by atoms with Gasteiger partial charge < -0.3 is 15.5 Å². The molecule has 0 saturated heterocycles. The molecular formula is C16H11N3O5. The maximum absolute atomic E-state index is 12.4. The SMILES string of the molecule is O=C(O)c1ccc(C(=O)O)c(NC(=O)c2n[nH]c3ccccc23)c1. The van der Waals surface area contributed by atoms with Crippen molar-refractivity contribution in [1.29, 1.82) is 0 Å². The number of fused-ring (bicyclic) bond motifs is 1. The first kappa shape index (κ1) is 15.2. The number of carboxylic acids is 2. The Morgan fingerprint density at radius 1 is 1.00 bits per heavy atom. The molecule has 4 N–H and O–H groups in total. The Labute approximate surface area is 134 Å². The number of benzene rings is 2. The van der Waals surface area contributed by atoms with E-state index in [1.54, 1.807) is 24.3 Å². The normalized spacial score (nSPS) is 10.5. The van der Waals surface area contributed by atoms with Crippen LogP contribution in [0.4, 0.5) is 5.69 Å². The summed E-state index contributed by atoms with van der Waals surface area (Å²) in [7, 11) is 0. The van der Waals surface area contributed by atoms with Crippen molar-refractivity contribution in [3.05, 3.63) is 59.3 Å². The van der Waals surface area contributed by atoms with Gasteiger partial charge in [0.15, 0.2) is 5.69 Å². The number of aromatic amines is 1. The largest absolute Gasteiger partial charge is 0.478 e. The van der Waals surface area contributed by atoms with E-state index in [-0.39, 0.29) is 22.5 Å².